The van der Waals surface area contributed by atoms with Gasteiger partial charge in [-0.3, -0.25) is 10.4 Å². The molecule has 4 rings (SSSR count). The maximum atomic E-state index is 15.1. The molecule has 0 fully saturated rings. The van der Waals surface area contributed by atoms with Crippen LogP contribution in [0.4, 0.5) is 10.1 Å². The number of nitrogens with one attached hydrogen (secondary N) is 2. The van der Waals surface area contributed by atoms with Gasteiger partial charge in [0.1, 0.15) is 24.0 Å². The number of amidine groups is 1. The van der Waals surface area contributed by atoms with Crippen molar-refractivity contribution in [3.05, 3.63) is 107 Å². The predicted octanol–water partition coefficient (Wildman–Crippen LogP) is 3.81. The molecular formula is C28H28FN5O4S. The molecule has 0 amide bonds. The van der Waals surface area contributed by atoms with E-state index in [9.17, 15) is 13.5 Å². The van der Waals surface area contributed by atoms with Crippen molar-refractivity contribution >= 4 is 21.5 Å². The second-order valence-corrected chi connectivity index (χ2v) is 10.4. The SMILES string of the molecule is Cc1ncc(CO)c(CNc2ccc(-c3ccccc3S(N)(=O)=O)cc2F)c1OCc1ccc(C(=N)N)cc1. The fraction of sp³-hybridized carbons (Fsp3) is 0.143. The summed E-state index contributed by atoms with van der Waals surface area (Å²) in [6.07, 6.45) is 1.55. The van der Waals surface area contributed by atoms with Crippen molar-refractivity contribution < 1.29 is 22.7 Å². The lowest BCUT2D eigenvalue weighted by atomic mass is 10.0. The highest BCUT2D eigenvalue weighted by Gasteiger charge is 2.17. The van der Waals surface area contributed by atoms with Crippen LogP contribution < -0.4 is 20.9 Å². The Morgan fingerprint density at radius 2 is 1.85 bits per heavy atom. The first-order chi connectivity index (χ1) is 18.6. The van der Waals surface area contributed by atoms with Gasteiger partial charge in [-0.15, -0.1) is 0 Å². The molecule has 11 heteroatoms. The highest BCUT2D eigenvalue weighted by Crippen LogP contribution is 2.31. The van der Waals surface area contributed by atoms with Crippen LogP contribution in [0.3, 0.4) is 0 Å². The number of nitrogens with zero attached hydrogens (tertiary/aromatic N) is 1. The maximum absolute atomic E-state index is 15.1. The number of aryl methyl sites for hydroxylation is 1. The number of sulfonamides is 1. The average Bonchev–Trinajstić information content (AvgIpc) is 2.91. The molecule has 0 spiro atoms. The van der Waals surface area contributed by atoms with Crippen LogP contribution in [0.1, 0.15) is 27.9 Å². The van der Waals surface area contributed by atoms with Crippen molar-refractivity contribution in [3.8, 4) is 16.9 Å². The number of aromatic nitrogens is 1. The third-order valence-electron chi connectivity index (χ3n) is 6.15. The maximum Gasteiger partial charge on any atom is 0.238 e. The third kappa shape index (κ3) is 6.40. The number of aliphatic hydroxyl groups is 1. The van der Waals surface area contributed by atoms with Gasteiger partial charge in [-0.05, 0) is 36.2 Å². The minimum atomic E-state index is -4.00. The molecule has 0 saturated heterocycles. The average molecular weight is 550 g/mol. The number of pyridine rings is 1. The summed E-state index contributed by atoms with van der Waals surface area (Å²) in [7, 11) is -4.00. The van der Waals surface area contributed by atoms with Crippen LogP contribution in [0.25, 0.3) is 11.1 Å². The zero-order valence-electron chi connectivity index (χ0n) is 21.1. The zero-order chi connectivity index (χ0) is 28.2. The highest BCUT2D eigenvalue weighted by molar-refractivity contribution is 7.89. The fourth-order valence-corrected chi connectivity index (χ4v) is 4.86. The largest absolute Gasteiger partial charge is 0.487 e. The van der Waals surface area contributed by atoms with Crippen molar-refractivity contribution in [1.29, 1.82) is 5.41 Å². The molecule has 1 aromatic heterocycles. The summed E-state index contributed by atoms with van der Waals surface area (Å²) < 4.78 is 45.1. The number of nitrogens with two attached hydrogens (primary N) is 2. The Bertz CT molecular complexity index is 1630. The number of anilines is 1. The molecule has 1 heterocycles. The van der Waals surface area contributed by atoms with E-state index in [2.05, 4.69) is 10.3 Å². The lowest BCUT2D eigenvalue weighted by Crippen LogP contribution is -2.13. The molecule has 0 aliphatic carbocycles. The molecule has 7 N–H and O–H groups in total. The van der Waals surface area contributed by atoms with Gasteiger partial charge in [-0.2, -0.15) is 0 Å². The smallest absolute Gasteiger partial charge is 0.238 e. The van der Waals surface area contributed by atoms with E-state index in [4.69, 9.17) is 21.0 Å². The van der Waals surface area contributed by atoms with E-state index >= 15 is 4.39 Å². The first-order valence-electron chi connectivity index (χ1n) is 11.9. The monoisotopic (exact) mass is 549 g/mol. The zero-order valence-corrected chi connectivity index (χ0v) is 21.9. The van der Waals surface area contributed by atoms with Gasteiger partial charge in [0.05, 0.1) is 22.9 Å². The summed E-state index contributed by atoms with van der Waals surface area (Å²) in [6.45, 7) is 1.81. The van der Waals surface area contributed by atoms with Gasteiger partial charge >= 0.3 is 0 Å². The molecule has 0 bridgehead atoms. The standard InChI is InChI=1S/C28H28FN5O4S/c1-17-27(38-16-18-6-8-19(9-7-18)28(30)31)23(21(15-35)13-33-17)14-34-25-11-10-20(12-24(25)29)22-4-2-3-5-26(22)39(32,36)37/h2-13,34-35H,14-16H2,1H3,(H3,30,31)(H2,32,36,37). The number of aliphatic hydroxyl groups excluding tert-OH is 1. The lowest BCUT2D eigenvalue weighted by molar-refractivity contribution is 0.273. The highest BCUT2D eigenvalue weighted by atomic mass is 32.2. The van der Waals surface area contributed by atoms with E-state index in [1.807, 2.05) is 0 Å². The van der Waals surface area contributed by atoms with Gasteiger partial charge < -0.3 is 20.9 Å². The van der Waals surface area contributed by atoms with Gasteiger partial charge in [-0.25, -0.2) is 17.9 Å². The molecule has 39 heavy (non-hydrogen) atoms. The van der Waals surface area contributed by atoms with Crippen LogP contribution in [-0.2, 0) is 29.8 Å². The Labute approximate surface area is 225 Å². The summed E-state index contributed by atoms with van der Waals surface area (Å²) in [5, 5.41) is 25.8. The summed E-state index contributed by atoms with van der Waals surface area (Å²) >= 11 is 0. The summed E-state index contributed by atoms with van der Waals surface area (Å²) in [5.41, 5.74) is 9.53. The molecule has 4 aromatic rings. The van der Waals surface area contributed by atoms with Crippen LogP contribution in [0.15, 0.2) is 77.8 Å². The predicted molar refractivity (Wildman–Crippen MR) is 147 cm³/mol. The van der Waals surface area contributed by atoms with E-state index in [-0.39, 0.29) is 36.2 Å². The lowest BCUT2D eigenvalue weighted by Gasteiger charge is -2.18. The molecule has 0 saturated carbocycles. The molecule has 0 unspecified atom stereocenters. The van der Waals surface area contributed by atoms with Crippen LogP contribution in [0.5, 0.6) is 5.75 Å². The van der Waals surface area contributed by atoms with Crippen molar-refractivity contribution in [2.24, 2.45) is 10.9 Å². The van der Waals surface area contributed by atoms with Gasteiger partial charge in [0.25, 0.3) is 0 Å². The van der Waals surface area contributed by atoms with Crippen LogP contribution in [0, 0.1) is 18.2 Å². The first kappa shape index (κ1) is 27.7. The molecule has 0 radical (unpaired) electrons. The summed E-state index contributed by atoms with van der Waals surface area (Å²) in [5.74, 6) is -0.162. The normalized spacial score (nSPS) is 11.3. The van der Waals surface area contributed by atoms with Gasteiger partial charge in [0.2, 0.25) is 10.0 Å². The molecular weight excluding hydrogens is 521 g/mol. The number of ether oxygens (including phenoxy) is 1. The second-order valence-electron chi connectivity index (χ2n) is 8.82. The Morgan fingerprint density at radius 3 is 2.49 bits per heavy atom. The van der Waals surface area contributed by atoms with Crippen molar-refractivity contribution in [3.63, 3.8) is 0 Å². The minimum Gasteiger partial charge on any atom is -0.487 e. The first-order valence-corrected chi connectivity index (χ1v) is 13.4. The number of hydrogen-bond acceptors (Lipinski definition) is 7. The Balaban J connectivity index is 1.57. The molecule has 0 atom stereocenters. The number of primary sulfonamides is 1. The number of rotatable bonds is 10. The number of benzene rings is 3. The van der Waals surface area contributed by atoms with Crippen molar-refractivity contribution in [2.45, 2.75) is 31.6 Å². The second kappa shape index (κ2) is 11.6. The van der Waals surface area contributed by atoms with E-state index in [1.54, 1.807) is 61.7 Å². The topological polar surface area (TPSA) is 164 Å². The van der Waals surface area contributed by atoms with Crippen molar-refractivity contribution in [2.75, 3.05) is 5.32 Å². The van der Waals surface area contributed by atoms with Gasteiger partial charge in [0, 0.05) is 35.0 Å². The Hall–Kier alpha value is -4.32. The van der Waals surface area contributed by atoms with Gasteiger partial charge in [0.15, 0.2) is 0 Å². The number of hydrogen-bond donors (Lipinski definition) is 5. The molecule has 3 aromatic carbocycles. The number of nitrogen functional groups attached to an aromatic ring is 1. The summed E-state index contributed by atoms with van der Waals surface area (Å²) in [6, 6.07) is 17.5. The molecule has 0 aliphatic heterocycles. The fourth-order valence-electron chi connectivity index (χ4n) is 4.10. The molecule has 0 aliphatic rings. The minimum absolute atomic E-state index is 0.0274. The van der Waals surface area contributed by atoms with E-state index in [0.717, 1.165) is 5.56 Å². The summed E-state index contributed by atoms with van der Waals surface area (Å²) in [4.78, 5) is 4.22. The van der Waals surface area contributed by atoms with E-state index in [1.165, 1.54) is 18.2 Å². The third-order valence-corrected chi connectivity index (χ3v) is 7.12. The van der Waals surface area contributed by atoms with Crippen molar-refractivity contribution in [1.82, 2.24) is 4.98 Å². The molecule has 202 valence electrons. The Morgan fingerprint density at radius 1 is 1.13 bits per heavy atom. The van der Waals surface area contributed by atoms with Crippen LogP contribution in [-0.4, -0.2) is 24.3 Å². The van der Waals surface area contributed by atoms with Crippen LogP contribution in [0.2, 0.25) is 0 Å². The van der Waals surface area contributed by atoms with Crippen LogP contribution >= 0.6 is 0 Å². The van der Waals surface area contributed by atoms with E-state index < -0.39 is 15.8 Å². The van der Waals surface area contributed by atoms with Gasteiger partial charge in [-0.1, -0.05) is 48.5 Å². The number of halogens is 1. The molecule has 9 nitrogen and oxygen atoms in total. The Kier molecular flexibility index (Phi) is 8.24. The quantitative estimate of drug-likeness (QED) is 0.148. The van der Waals surface area contributed by atoms with E-state index in [0.29, 0.717) is 39.3 Å².